The number of carbonyl (C=O) groups excluding carboxylic acids is 1. The first kappa shape index (κ1) is 17.5. The zero-order chi connectivity index (χ0) is 16.0. The Bertz CT molecular complexity index is 582. The summed E-state index contributed by atoms with van der Waals surface area (Å²) in [4.78, 5) is 12.2. The van der Waals surface area contributed by atoms with Gasteiger partial charge in [-0.2, -0.15) is 0 Å². The minimum atomic E-state index is -3.33. The van der Waals surface area contributed by atoms with Gasteiger partial charge in [0.1, 0.15) is 6.04 Å². The summed E-state index contributed by atoms with van der Waals surface area (Å²) in [5, 5.41) is 5.78. The van der Waals surface area contributed by atoms with Gasteiger partial charge in [0.25, 0.3) is 0 Å². The predicted molar refractivity (Wildman–Crippen MR) is 85.1 cm³/mol. The van der Waals surface area contributed by atoms with Crippen molar-refractivity contribution in [1.29, 1.82) is 0 Å². The van der Waals surface area contributed by atoms with Crippen molar-refractivity contribution in [3.05, 3.63) is 24.3 Å². The van der Waals surface area contributed by atoms with Gasteiger partial charge in [0.05, 0.1) is 16.3 Å². The van der Waals surface area contributed by atoms with E-state index in [1.165, 1.54) is 0 Å². The van der Waals surface area contributed by atoms with Crippen molar-refractivity contribution in [3.63, 3.8) is 0 Å². The Labute approximate surface area is 127 Å². The molecule has 0 bridgehead atoms. The second-order valence-corrected chi connectivity index (χ2v) is 7.42. The maximum atomic E-state index is 12.2. The number of hydrogen-bond acceptors (Lipinski definition) is 4. The summed E-state index contributed by atoms with van der Waals surface area (Å²) in [7, 11) is -3.33. The first-order chi connectivity index (χ1) is 9.77. The molecule has 0 heterocycles. The van der Waals surface area contributed by atoms with Crippen molar-refractivity contribution in [3.8, 4) is 0 Å². The monoisotopic (exact) mass is 312 g/mol. The first-order valence-corrected chi connectivity index (χ1v) is 8.82. The molecule has 0 saturated heterocycles. The average molecular weight is 312 g/mol. The van der Waals surface area contributed by atoms with Crippen molar-refractivity contribution >= 4 is 21.4 Å². The topological polar surface area (TPSA) is 75.3 Å². The molecular weight excluding hydrogens is 288 g/mol. The Hall–Kier alpha value is -1.56. The summed E-state index contributed by atoms with van der Waals surface area (Å²) in [5.41, 5.74) is 0.470. The highest BCUT2D eigenvalue weighted by molar-refractivity contribution is 7.91. The van der Waals surface area contributed by atoms with Crippen LogP contribution in [0.5, 0.6) is 0 Å². The van der Waals surface area contributed by atoms with Crippen LogP contribution >= 0.6 is 0 Å². The van der Waals surface area contributed by atoms with Crippen LogP contribution in [-0.2, 0) is 14.6 Å². The molecule has 0 spiro atoms. The second-order valence-electron chi connectivity index (χ2n) is 5.34. The molecule has 1 aromatic rings. The number of carbonyl (C=O) groups is 1. The molecule has 1 unspecified atom stereocenters. The maximum Gasteiger partial charge on any atom is 0.242 e. The molecule has 0 aromatic heterocycles. The van der Waals surface area contributed by atoms with Crippen LogP contribution in [0.4, 0.5) is 5.69 Å². The number of para-hydroxylation sites is 1. The van der Waals surface area contributed by atoms with Crippen molar-refractivity contribution in [1.82, 2.24) is 5.32 Å². The van der Waals surface area contributed by atoms with Crippen LogP contribution in [0.25, 0.3) is 0 Å². The summed E-state index contributed by atoms with van der Waals surface area (Å²) >= 11 is 0. The van der Waals surface area contributed by atoms with E-state index in [9.17, 15) is 13.2 Å². The molecule has 1 aromatic carbocycles. The molecule has 0 aliphatic heterocycles. The summed E-state index contributed by atoms with van der Waals surface area (Å²) in [6, 6.07) is 6.22. The van der Waals surface area contributed by atoms with Gasteiger partial charge in [-0.25, -0.2) is 8.42 Å². The van der Waals surface area contributed by atoms with Gasteiger partial charge in [0.2, 0.25) is 5.91 Å². The van der Waals surface area contributed by atoms with Gasteiger partial charge >= 0.3 is 0 Å². The molecule has 21 heavy (non-hydrogen) atoms. The number of benzene rings is 1. The largest absolute Gasteiger partial charge is 0.373 e. The van der Waals surface area contributed by atoms with Crippen LogP contribution in [0.2, 0.25) is 0 Å². The number of anilines is 1. The van der Waals surface area contributed by atoms with Crippen LogP contribution in [0.1, 0.15) is 34.1 Å². The maximum absolute atomic E-state index is 12.2. The molecule has 0 saturated carbocycles. The van der Waals surface area contributed by atoms with Crippen LogP contribution in [0.3, 0.4) is 0 Å². The van der Waals surface area contributed by atoms with E-state index in [0.717, 1.165) is 0 Å². The normalized spacial score (nSPS) is 13.0. The van der Waals surface area contributed by atoms with Crippen molar-refractivity contribution < 1.29 is 13.2 Å². The zero-order valence-corrected chi connectivity index (χ0v) is 13.8. The van der Waals surface area contributed by atoms with E-state index in [-0.39, 0.29) is 22.6 Å². The molecule has 0 aliphatic carbocycles. The minimum absolute atomic E-state index is 0.0424. The fraction of sp³-hybridized carbons (Fsp3) is 0.533. The zero-order valence-electron chi connectivity index (χ0n) is 13.0. The molecule has 1 rings (SSSR count). The lowest BCUT2D eigenvalue weighted by molar-refractivity contribution is -0.122. The van der Waals surface area contributed by atoms with Crippen LogP contribution < -0.4 is 10.6 Å². The molecule has 0 aliphatic rings. The van der Waals surface area contributed by atoms with Gasteiger partial charge in [-0.1, -0.05) is 19.1 Å². The Kier molecular flexibility index (Phi) is 6.20. The lowest BCUT2D eigenvalue weighted by Gasteiger charge is -2.19. The third-order valence-electron chi connectivity index (χ3n) is 2.89. The van der Waals surface area contributed by atoms with Crippen molar-refractivity contribution in [2.24, 2.45) is 0 Å². The first-order valence-electron chi connectivity index (χ1n) is 7.16. The van der Waals surface area contributed by atoms with E-state index in [0.29, 0.717) is 12.1 Å². The standard InChI is InChI=1S/C15H24N2O3S/c1-5-10-21(19,20)14-9-7-6-8-13(14)17-12(4)15(18)16-11(2)3/h6-9,11-12,17H,5,10H2,1-4H3,(H,16,18). The highest BCUT2D eigenvalue weighted by Crippen LogP contribution is 2.23. The second kappa shape index (κ2) is 7.45. The smallest absolute Gasteiger partial charge is 0.242 e. The Morgan fingerprint density at radius 1 is 1.19 bits per heavy atom. The number of rotatable bonds is 7. The average Bonchev–Trinajstić information content (AvgIpc) is 2.38. The van der Waals surface area contributed by atoms with Crippen molar-refractivity contribution in [2.75, 3.05) is 11.1 Å². The molecule has 118 valence electrons. The van der Waals surface area contributed by atoms with Gasteiger partial charge < -0.3 is 10.6 Å². The van der Waals surface area contributed by atoms with Gasteiger partial charge in [0, 0.05) is 6.04 Å². The Morgan fingerprint density at radius 2 is 1.81 bits per heavy atom. The summed E-state index contributed by atoms with van der Waals surface area (Å²) < 4.78 is 24.5. The third kappa shape index (κ3) is 5.04. The molecule has 5 nitrogen and oxygen atoms in total. The number of sulfone groups is 1. The number of hydrogen-bond donors (Lipinski definition) is 2. The molecular formula is C15H24N2O3S. The summed E-state index contributed by atoms with van der Waals surface area (Å²) in [6.45, 7) is 7.29. The molecule has 6 heteroatoms. The van der Waals surface area contributed by atoms with E-state index in [2.05, 4.69) is 10.6 Å². The fourth-order valence-electron chi connectivity index (χ4n) is 1.94. The van der Waals surface area contributed by atoms with Crippen molar-refractivity contribution in [2.45, 2.75) is 51.1 Å². The lowest BCUT2D eigenvalue weighted by Crippen LogP contribution is -2.41. The van der Waals surface area contributed by atoms with E-state index >= 15 is 0 Å². The Morgan fingerprint density at radius 3 is 2.38 bits per heavy atom. The molecule has 1 atom stereocenters. The van der Waals surface area contributed by atoms with Gasteiger partial charge in [0.15, 0.2) is 9.84 Å². The van der Waals surface area contributed by atoms with Crippen LogP contribution in [-0.4, -0.2) is 32.2 Å². The molecule has 1 amide bonds. The lowest BCUT2D eigenvalue weighted by atomic mass is 10.2. The van der Waals surface area contributed by atoms with Gasteiger partial charge in [-0.15, -0.1) is 0 Å². The minimum Gasteiger partial charge on any atom is -0.373 e. The van der Waals surface area contributed by atoms with E-state index in [4.69, 9.17) is 0 Å². The SMILES string of the molecule is CCCS(=O)(=O)c1ccccc1NC(C)C(=O)NC(C)C. The molecule has 2 N–H and O–H groups in total. The highest BCUT2D eigenvalue weighted by Gasteiger charge is 2.20. The fourth-order valence-corrected chi connectivity index (χ4v) is 3.45. The quantitative estimate of drug-likeness (QED) is 0.809. The van der Waals surface area contributed by atoms with Gasteiger partial charge in [-0.05, 0) is 39.3 Å². The van der Waals surface area contributed by atoms with Crippen LogP contribution in [0, 0.1) is 0 Å². The van der Waals surface area contributed by atoms with Gasteiger partial charge in [-0.3, -0.25) is 4.79 Å². The predicted octanol–water partition coefficient (Wildman–Crippen LogP) is 2.20. The third-order valence-corrected chi connectivity index (χ3v) is 4.86. The molecule has 0 fully saturated rings. The summed E-state index contributed by atoms with van der Waals surface area (Å²) in [6.07, 6.45) is 0.556. The Balaban J connectivity index is 2.97. The number of nitrogens with one attached hydrogen (secondary N) is 2. The highest BCUT2D eigenvalue weighted by atomic mass is 32.2. The van der Waals surface area contributed by atoms with E-state index in [1.807, 2.05) is 20.8 Å². The summed E-state index contributed by atoms with van der Waals surface area (Å²) in [5.74, 6) is -0.0640. The molecule has 0 radical (unpaired) electrons. The van der Waals surface area contributed by atoms with E-state index in [1.54, 1.807) is 31.2 Å². The van der Waals surface area contributed by atoms with Crippen LogP contribution in [0.15, 0.2) is 29.2 Å². The van der Waals surface area contributed by atoms with E-state index < -0.39 is 15.9 Å². The number of amides is 1.